The molecular formula is C14H16N4O. The maximum Gasteiger partial charge on any atom is 0.266 e. The van der Waals surface area contributed by atoms with E-state index in [1.54, 1.807) is 29.2 Å². The van der Waals surface area contributed by atoms with Crippen molar-refractivity contribution in [1.82, 2.24) is 19.7 Å². The normalized spacial score (nSPS) is 16.3. The van der Waals surface area contributed by atoms with Crippen LogP contribution in [-0.2, 0) is 6.54 Å². The molecule has 0 amide bonds. The average molecular weight is 256 g/mol. The van der Waals surface area contributed by atoms with Gasteiger partial charge in [-0.3, -0.25) is 9.78 Å². The van der Waals surface area contributed by atoms with E-state index in [-0.39, 0.29) is 5.56 Å². The van der Waals surface area contributed by atoms with Crippen LogP contribution < -0.4 is 5.56 Å². The number of rotatable bonds is 3. The maximum absolute atomic E-state index is 11.8. The number of nitrogens with zero attached hydrogens (tertiary/aromatic N) is 4. The fourth-order valence-corrected chi connectivity index (χ4v) is 2.44. The number of aromatic nitrogens is 3. The monoisotopic (exact) mass is 256 g/mol. The van der Waals surface area contributed by atoms with Crippen LogP contribution in [0.5, 0.6) is 0 Å². The molecule has 0 unspecified atom stereocenters. The summed E-state index contributed by atoms with van der Waals surface area (Å²) in [5.41, 5.74) is 1.68. The molecule has 2 aromatic heterocycles. The van der Waals surface area contributed by atoms with Crippen LogP contribution >= 0.6 is 0 Å². The Labute approximate surface area is 111 Å². The molecule has 0 saturated carbocycles. The van der Waals surface area contributed by atoms with Crippen molar-refractivity contribution in [3.63, 3.8) is 0 Å². The lowest BCUT2D eigenvalue weighted by Gasteiger charge is -2.36. The van der Waals surface area contributed by atoms with Crippen molar-refractivity contribution in [2.24, 2.45) is 5.92 Å². The van der Waals surface area contributed by atoms with Crippen LogP contribution in [0.1, 0.15) is 0 Å². The van der Waals surface area contributed by atoms with Gasteiger partial charge in [0, 0.05) is 43.0 Å². The van der Waals surface area contributed by atoms with Crippen LogP contribution in [0.4, 0.5) is 0 Å². The molecule has 5 heteroatoms. The molecule has 3 heterocycles. The molecule has 0 radical (unpaired) electrons. The van der Waals surface area contributed by atoms with E-state index < -0.39 is 0 Å². The quantitative estimate of drug-likeness (QED) is 0.817. The van der Waals surface area contributed by atoms with Gasteiger partial charge in [0.2, 0.25) is 0 Å². The summed E-state index contributed by atoms with van der Waals surface area (Å²) in [6, 6.07) is 7.15. The minimum atomic E-state index is -0.0396. The van der Waals surface area contributed by atoms with E-state index >= 15 is 0 Å². The van der Waals surface area contributed by atoms with Gasteiger partial charge in [0.25, 0.3) is 5.56 Å². The first kappa shape index (κ1) is 12.0. The van der Waals surface area contributed by atoms with E-state index in [4.69, 9.17) is 0 Å². The highest BCUT2D eigenvalue weighted by Crippen LogP contribution is 2.16. The third-order valence-electron chi connectivity index (χ3n) is 3.39. The highest BCUT2D eigenvalue weighted by molar-refractivity contribution is 5.56. The highest BCUT2D eigenvalue weighted by atomic mass is 16.1. The molecule has 0 aliphatic carbocycles. The molecule has 3 rings (SSSR count). The molecule has 1 saturated heterocycles. The van der Waals surface area contributed by atoms with Crippen molar-refractivity contribution in [3.8, 4) is 11.3 Å². The number of pyridine rings is 1. The standard InChI is InChI=1S/C14H16N4O/c1-17-8-11(9-17)10-18-14(19)5-4-13(16-18)12-3-2-6-15-7-12/h2-7,11H,8-10H2,1H3. The van der Waals surface area contributed by atoms with E-state index in [1.165, 1.54) is 0 Å². The summed E-state index contributed by atoms with van der Waals surface area (Å²) >= 11 is 0. The van der Waals surface area contributed by atoms with Crippen LogP contribution in [0.3, 0.4) is 0 Å². The Morgan fingerprint density at radius 3 is 2.84 bits per heavy atom. The smallest absolute Gasteiger partial charge is 0.266 e. The van der Waals surface area contributed by atoms with Crippen molar-refractivity contribution < 1.29 is 0 Å². The largest absolute Gasteiger partial charge is 0.306 e. The first-order valence-electron chi connectivity index (χ1n) is 6.39. The molecule has 0 spiro atoms. The lowest BCUT2D eigenvalue weighted by atomic mass is 10.0. The van der Waals surface area contributed by atoms with Crippen LogP contribution in [0.25, 0.3) is 11.3 Å². The second kappa shape index (κ2) is 4.93. The van der Waals surface area contributed by atoms with E-state index in [9.17, 15) is 4.79 Å². The summed E-state index contributed by atoms with van der Waals surface area (Å²) in [5, 5.41) is 4.44. The van der Waals surface area contributed by atoms with Gasteiger partial charge in [-0.2, -0.15) is 5.10 Å². The van der Waals surface area contributed by atoms with Gasteiger partial charge in [-0.15, -0.1) is 0 Å². The van der Waals surface area contributed by atoms with Crippen molar-refractivity contribution in [1.29, 1.82) is 0 Å². The van der Waals surface area contributed by atoms with Crippen LogP contribution in [0.2, 0.25) is 0 Å². The van der Waals surface area contributed by atoms with Crippen molar-refractivity contribution in [2.45, 2.75) is 6.54 Å². The zero-order valence-electron chi connectivity index (χ0n) is 10.9. The van der Waals surface area contributed by atoms with Gasteiger partial charge >= 0.3 is 0 Å². The minimum absolute atomic E-state index is 0.0396. The van der Waals surface area contributed by atoms with Crippen molar-refractivity contribution in [3.05, 3.63) is 47.0 Å². The molecule has 98 valence electrons. The summed E-state index contributed by atoms with van der Waals surface area (Å²) in [4.78, 5) is 18.1. The first-order valence-corrected chi connectivity index (χ1v) is 6.39. The minimum Gasteiger partial charge on any atom is -0.306 e. The Hall–Kier alpha value is -2.01. The molecule has 0 aromatic carbocycles. The molecular weight excluding hydrogens is 240 g/mol. The van der Waals surface area contributed by atoms with Crippen LogP contribution in [-0.4, -0.2) is 39.8 Å². The van der Waals surface area contributed by atoms with Gasteiger partial charge in [-0.25, -0.2) is 4.68 Å². The van der Waals surface area contributed by atoms with E-state index in [0.717, 1.165) is 24.3 Å². The molecule has 0 atom stereocenters. The lowest BCUT2D eigenvalue weighted by molar-refractivity contribution is 0.114. The molecule has 1 fully saturated rings. The zero-order chi connectivity index (χ0) is 13.2. The third-order valence-corrected chi connectivity index (χ3v) is 3.39. The fourth-order valence-electron chi connectivity index (χ4n) is 2.44. The summed E-state index contributed by atoms with van der Waals surface area (Å²) in [5.74, 6) is 0.527. The number of likely N-dealkylation sites (tertiary alicyclic amines) is 1. The number of hydrogen-bond acceptors (Lipinski definition) is 4. The van der Waals surface area contributed by atoms with Crippen LogP contribution in [0, 0.1) is 5.92 Å². The van der Waals surface area contributed by atoms with Crippen molar-refractivity contribution >= 4 is 0 Å². The van der Waals surface area contributed by atoms with E-state index in [1.807, 2.05) is 12.1 Å². The molecule has 5 nitrogen and oxygen atoms in total. The van der Waals surface area contributed by atoms with E-state index in [2.05, 4.69) is 22.0 Å². The zero-order valence-corrected chi connectivity index (χ0v) is 10.9. The molecule has 0 N–H and O–H groups in total. The second-order valence-corrected chi connectivity index (χ2v) is 5.07. The Bertz CT molecular complexity index is 617. The topological polar surface area (TPSA) is 51.0 Å². The first-order chi connectivity index (χ1) is 9.22. The Kier molecular flexibility index (Phi) is 3.13. The maximum atomic E-state index is 11.8. The summed E-state index contributed by atoms with van der Waals surface area (Å²) in [6.45, 7) is 2.76. The van der Waals surface area contributed by atoms with Gasteiger partial charge in [0.15, 0.2) is 0 Å². The Morgan fingerprint density at radius 1 is 1.32 bits per heavy atom. The third kappa shape index (κ3) is 2.56. The van der Waals surface area contributed by atoms with E-state index in [0.29, 0.717) is 12.5 Å². The predicted molar refractivity (Wildman–Crippen MR) is 72.7 cm³/mol. The Balaban J connectivity index is 1.86. The number of hydrogen-bond donors (Lipinski definition) is 0. The average Bonchev–Trinajstić information content (AvgIpc) is 2.40. The SMILES string of the molecule is CN1CC(Cn2nc(-c3cccnc3)ccc2=O)C1. The fraction of sp³-hybridized carbons (Fsp3) is 0.357. The van der Waals surface area contributed by atoms with Crippen LogP contribution in [0.15, 0.2) is 41.5 Å². The Morgan fingerprint density at radius 2 is 2.16 bits per heavy atom. The molecule has 2 aromatic rings. The summed E-state index contributed by atoms with van der Waals surface area (Å²) in [7, 11) is 2.08. The van der Waals surface area contributed by atoms with Crippen molar-refractivity contribution in [2.75, 3.05) is 20.1 Å². The summed E-state index contributed by atoms with van der Waals surface area (Å²) < 4.78 is 1.57. The highest BCUT2D eigenvalue weighted by Gasteiger charge is 2.24. The van der Waals surface area contributed by atoms with Gasteiger partial charge in [-0.05, 0) is 25.2 Å². The summed E-state index contributed by atoms with van der Waals surface area (Å²) in [6.07, 6.45) is 3.48. The molecule has 1 aliphatic heterocycles. The van der Waals surface area contributed by atoms with Gasteiger partial charge in [0.1, 0.15) is 0 Å². The lowest BCUT2D eigenvalue weighted by Crippen LogP contribution is -2.47. The van der Waals surface area contributed by atoms with Gasteiger partial charge < -0.3 is 4.90 Å². The molecule has 1 aliphatic rings. The van der Waals surface area contributed by atoms with Gasteiger partial charge in [-0.1, -0.05) is 0 Å². The predicted octanol–water partition coefficient (Wildman–Crippen LogP) is 0.867. The molecule has 0 bridgehead atoms. The molecule has 19 heavy (non-hydrogen) atoms. The second-order valence-electron chi connectivity index (χ2n) is 5.07. The van der Waals surface area contributed by atoms with Gasteiger partial charge in [0.05, 0.1) is 12.2 Å².